The normalized spacial score (nSPS) is 18.6. The van der Waals surface area contributed by atoms with Crippen LogP contribution in [0.2, 0.25) is 0 Å². The third kappa shape index (κ3) is 3.41. The highest BCUT2D eigenvalue weighted by molar-refractivity contribution is 7.13. The highest BCUT2D eigenvalue weighted by Gasteiger charge is 2.22. The lowest BCUT2D eigenvalue weighted by atomic mass is 10.1. The molecule has 0 radical (unpaired) electrons. The zero-order valence-electron chi connectivity index (χ0n) is 12.4. The van der Waals surface area contributed by atoms with E-state index in [1.54, 1.807) is 17.5 Å². The number of piperidine rings is 1. The van der Waals surface area contributed by atoms with E-state index in [-0.39, 0.29) is 0 Å². The Labute approximate surface area is 128 Å². The molecule has 0 amide bonds. The lowest BCUT2D eigenvalue weighted by molar-refractivity contribution is 0.527. The van der Waals surface area contributed by atoms with E-state index < -0.39 is 0 Å². The van der Waals surface area contributed by atoms with Gasteiger partial charge in [-0.25, -0.2) is 9.97 Å². The van der Waals surface area contributed by atoms with Gasteiger partial charge in [0.1, 0.15) is 5.82 Å². The summed E-state index contributed by atoms with van der Waals surface area (Å²) in [6, 6.07) is 2.27. The van der Waals surface area contributed by atoms with Gasteiger partial charge in [0.05, 0.1) is 0 Å². The van der Waals surface area contributed by atoms with Gasteiger partial charge >= 0.3 is 0 Å². The minimum Gasteiger partial charge on any atom is -0.363 e. The van der Waals surface area contributed by atoms with Crippen molar-refractivity contribution in [1.82, 2.24) is 15.0 Å². The predicted molar refractivity (Wildman–Crippen MR) is 87.3 cm³/mol. The smallest absolute Gasteiger partial charge is 0.224 e. The Bertz CT molecular complexity index is 571. The second kappa shape index (κ2) is 6.26. The molecule has 0 bridgehead atoms. The van der Waals surface area contributed by atoms with Gasteiger partial charge in [-0.2, -0.15) is 4.98 Å². The van der Waals surface area contributed by atoms with Crippen molar-refractivity contribution in [2.75, 3.05) is 42.3 Å². The molecule has 1 aliphatic heterocycles. The molecule has 7 heteroatoms. The molecule has 1 atom stereocenters. The zero-order chi connectivity index (χ0) is 14.7. The SMILES string of the molecule is CN(C)c1ccnc(NC2CCCN(c3nccs3)C2)n1. The lowest BCUT2D eigenvalue weighted by Crippen LogP contribution is -2.42. The van der Waals surface area contributed by atoms with E-state index in [9.17, 15) is 0 Å². The maximum absolute atomic E-state index is 4.53. The molecule has 112 valence electrons. The Morgan fingerprint density at radius 1 is 1.33 bits per heavy atom. The van der Waals surface area contributed by atoms with Crippen LogP contribution in [0.4, 0.5) is 16.9 Å². The number of hydrogen-bond donors (Lipinski definition) is 1. The number of rotatable bonds is 4. The van der Waals surface area contributed by atoms with Crippen LogP contribution in [0.5, 0.6) is 0 Å². The van der Waals surface area contributed by atoms with E-state index in [4.69, 9.17) is 0 Å². The van der Waals surface area contributed by atoms with Crippen molar-refractivity contribution < 1.29 is 0 Å². The summed E-state index contributed by atoms with van der Waals surface area (Å²) in [5, 5.41) is 6.58. The van der Waals surface area contributed by atoms with Gasteiger partial charge in [-0.3, -0.25) is 0 Å². The molecule has 1 N–H and O–H groups in total. The van der Waals surface area contributed by atoms with Gasteiger partial charge in [0, 0.05) is 51.0 Å². The quantitative estimate of drug-likeness (QED) is 0.933. The summed E-state index contributed by atoms with van der Waals surface area (Å²) >= 11 is 1.69. The molecule has 1 saturated heterocycles. The first-order valence-corrected chi connectivity index (χ1v) is 8.01. The van der Waals surface area contributed by atoms with Crippen LogP contribution in [0.1, 0.15) is 12.8 Å². The van der Waals surface area contributed by atoms with Gasteiger partial charge < -0.3 is 15.1 Å². The molecule has 21 heavy (non-hydrogen) atoms. The summed E-state index contributed by atoms with van der Waals surface area (Å²) in [6.45, 7) is 2.02. The lowest BCUT2D eigenvalue weighted by Gasteiger charge is -2.33. The zero-order valence-corrected chi connectivity index (χ0v) is 13.2. The highest BCUT2D eigenvalue weighted by atomic mass is 32.1. The summed E-state index contributed by atoms with van der Waals surface area (Å²) in [7, 11) is 3.97. The van der Waals surface area contributed by atoms with Crippen LogP contribution in [0.15, 0.2) is 23.8 Å². The number of nitrogens with one attached hydrogen (secondary N) is 1. The van der Waals surface area contributed by atoms with Gasteiger partial charge in [0.15, 0.2) is 5.13 Å². The Balaban J connectivity index is 1.66. The fraction of sp³-hybridized carbons (Fsp3) is 0.500. The first kappa shape index (κ1) is 14.1. The van der Waals surface area contributed by atoms with Gasteiger partial charge in [-0.1, -0.05) is 0 Å². The fourth-order valence-corrected chi connectivity index (χ4v) is 3.17. The van der Waals surface area contributed by atoms with Crippen LogP contribution < -0.4 is 15.1 Å². The van der Waals surface area contributed by atoms with E-state index in [0.29, 0.717) is 12.0 Å². The summed E-state index contributed by atoms with van der Waals surface area (Å²) in [5.41, 5.74) is 0. The van der Waals surface area contributed by atoms with E-state index in [1.807, 2.05) is 36.6 Å². The fourth-order valence-electron chi connectivity index (χ4n) is 2.49. The minimum atomic E-state index is 0.361. The van der Waals surface area contributed by atoms with Crippen LogP contribution in [0, 0.1) is 0 Å². The first-order valence-electron chi connectivity index (χ1n) is 7.14. The monoisotopic (exact) mass is 304 g/mol. The van der Waals surface area contributed by atoms with Gasteiger partial charge in [0.25, 0.3) is 0 Å². The van der Waals surface area contributed by atoms with Crippen molar-refractivity contribution in [3.05, 3.63) is 23.8 Å². The molecule has 2 aromatic heterocycles. The van der Waals surface area contributed by atoms with Crippen molar-refractivity contribution in [2.24, 2.45) is 0 Å². The van der Waals surface area contributed by atoms with Crippen molar-refractivity contribution in [3.8, 4) is 0 Å². The van der Waals surface area contributed by atoms with Crippen molar-refractivity contribution >= 4 is 28.2 Å². The highest BCUT2D eigenvalue weighted by Crippen LogP contribution is 2.23. The second-order valence-electron chi connectivity index (χ2n) is 5.38. The predicted octanol–water partition coefficient (Wildman–Crippen LogP) is 2.08. The van der Waals surface area contributed by atoms with E-state index in [0.717, 1.165) is 36.9 Å². The molecule has 2 aromatic rings. The summed E-state index contributed by atoms with van der Waals surface area (Å²) in [6.07, 6.45) is 5.95. The minimum absolute atomic E-state index is 0.361. The third-order valence-electron chi connectivity index (χ3n) is 3.54. The largest absolute Gasteiger partial charge is 0.363 e. The van der Waals surface area contributed by atoms with E-state index in [1.165, 1.54) is 0 Å². The number of nitrogens with zero attached hydrogens (tertiary/aromatic N) is 5. The maximum atomic E-state index is 4.53. The summed E-state index contributed by atoms with van der Waals surface area (Å²) < 4.78 is 0. The molecular weight excluding hydrogens is 284 g/mol. The molecule has 1 aliphatic rings. The molecule has 0 aliphatic carbocycles. The molecule has 0 spiro atoms. The number of aromatic nitrogens is 3. The standard InChI is InChI=1S/C14H20N6S/c1-19(2)12-5-6-15-13(18-12)17-11-4-3-8-20(10-11)14-16-7-9-21-14/h5-7,9,11H,3-4,8,10H2,1-2H3,(H,15,17,18). The topological polar surface area (TPSA) is 57.2 Å². The Kier molecular flexibility index (Phi) is 4.19. The first-order chi connectivity index (χ1) is 10.2. The van der Waals surface area contributed by atoms with Crippen LogP contribution in [-0.2, 0) is 0 Å². The number of anilines is 3. The molecule has 3 heterocycles. The maximum Gasteiger partial charge on any atom is 0.224 e. The summed E-state index contributed by atoms with van der Waals surface area (Å²) in [5.74, 6) is 1.62. The van der Waals surface area contributed by atoms with E-state index in [2.05, 4.69) is 25.2 Å². The van der Waals surface area contributed by atoms with Crippen LogP contribution in [0.3, 0.4) is 0 Å². The molecule has 0 saturated carbocycles. The second-order valence-corrected chi connectivity index (χ2v) is 6.25. The molecule has 3 rings (SSSR count). The third-order valence-corrected chi connectivity index (χ3v) is 4.38. The number of thiazole rings is 1. The van der Waals surface area contributed by atoms with Crippen LogP contribution >= 0.6 is 11.3 Å². The van der Waals surface area contributed by atoms with Gasteiger partial charge in [-0.15, -0.1) is 11.3 Å². The molecule has 6 nitrogen and oxygen atoms in total. The van der Waals surface area contributed by atoms with E-state index >= 15 is 0 Å². The van der Waals surface area contributed by atoms with Crippen LogP contribution in [-0.4, -0.2) is 48.2 Å². The molecule has 1 unspecified atom stereocenters. The Morgan fingerprint density at radius 2 is 2.24 bits per heavy atom. The van der Waals surface area contributed by atoms with Crippen molar-refractivity contribution in [1.29, 1.82) is 0 Å². The van der Waals surface area contributed by atoms with Gasteiger partial charge in [-0.05, 0) is 18.9 Å². The number of hydrogen-bond acceptors (Lipinski definition) is 7. The summed E-state index contributed by atoms with van der Waals surface area (Å²) in [4.78, 5) is 17.6. The Morgan fingerprint density at radius 3 is 3.00 bits per heavy atom. The molecule has 1 fully saturated rings. The molecule has 0 aromatic carbocycles. The van der Waals surface area contributed by atoms with Crippen molar-refractivity contribution in [3.63, 3.8) is 0 Å². The average Bonchev–Trinajstić information content (AvgIpc) is 3.02. The molecular formula is C14H20N6S. The Hall–Kier alpha value is -1.89. The van der Waals surface area contributed by atoms with Crippen molar-refractivity contribution in [2.45, 2.75) is 18.9 Å². The van der Waals surface area contributed by atoms with Crippen LogP contribution in [0.25, 0.3) is 0 Å². The average molecular weight is 304 g/mol. The van der Waals surface area contributed by atoms with Gasteiger partial charge in [0.2, 0.25) is 5.95 Å².